The molecule has 0 saturated heterocycles. The summed E-state index contributed by atoms with van der Waals surface area (Å²) in [5, 5.41) is 0.206. The Balaban J connectivity index is 2.57. The largest absolute Gasteiger partial charge is 0.466 e. The van der Waals surface area contributed by atoms with Crippen LogP contribution in [0.1, 0.15) is 0 Å². The quantitative estimate of drug-likeness (QED) is 0.722. The van der Waals surface area contributed by atoms with Crippen molar-refractivity contribution < 1.29 is 9.53 Å². The van der Waals surface area contributed by atoms with Gasteiger partial charge in [0.2, 0.25) is 5.88 Å². The average molecular weight is 188 g/mol. The van der Waals surface area contributed by atoms with Crippen molar-refractivity contribution >= 4 is 17.5 Å². The van der Waals surface area contributed by atoms with Gasteiger partial charge in [0.25, 0.3) is 5.91 Å². The number of halogens is 1. The second-order valence-corrected chi connectivity index (χ2v) is 2.32. The minimum Gasteiger partial charge on any atom is -0.466 e. The van der Waals surface area contributed by atoms with Crippen molar-refractivity contribution in [2.45, 2.75) is 0 Å². The number of amides is 1. The van der Waals surface area contributed by atoms with E-state index >= 15 is 0 Å². The maximum Gasteiger partial charge on any atom is 0.255 e. The number of nitrogens with two attached hydrogens (primary N) is 1. The summed E-state index contributed by atoms with van der Waals surface area (Å²) in [5.41, 5.74) is 4.83. The second-order valence-electron chi connectivity index (χ2n) is 1.94. The Bertz CT molecular complexity index is 292. The van der Waals surface area contributed by atoms with E-state index in [9.17, 15) is 4.79 Å². The van der Waals surface area contributed by atoms with Crippen molar-refractivity contribution in [2.75, 3.05) is 6.61 Å². The maximum atomic E-state index is 10.3. The fraction of sp³-hybridized carbons (Fsp3) is 0.167. The van der Waals surface area contributed by atoms with Crippen molar-refractivity contribution in [3.8, 4) is 5.88 Å². The molecule has 64 valence electrons. The van der Waals surface area contributed by atoms with Crippen LogP contribution in [0.2, 0.25) is 5.15 Å². The molecule has 0 aliphatic carbocycles. The molecule has 0 aromatic carbocycles. The molecule has 0 aliphatic rings. The molecule has 0 unspecified atom stereocenters. The smallest absolute Gasteiger partial charge is 0.255 e. The number of aromatic nitrogens is 2. The van der Waals surface area contributed by atoms with Crippen LogP contribution in [0.3, 0.4) is 0 Å². The van der Waals surface area contributed by atoms with Gasteiger partial charge in [-0.25, -0.2) is 0 Å². The number of carbonyl (C=O) groups is 1. The zero-order valence-electron chi connectivity index (χ0n) is 6.03. The van der Waals surface area contributed by atoms with E-state index in [-0.39, 0.29) is 17.6 Å². The number of rotatable bonds is 3. The van der Waals surface area contributed by atoms with Crippen molar-refractivity contribution in [1.82, 2.24) is 9.97 Å². The van der Waals surface area contributed by atoms with E-state index in [1.807, 2.05) is 0 Å². The zero-order valence-corrected chi connectivity index (χ0v) is 6.78. The lowest BCUT2D eigenvalue weighted by atomic mass is 10.6. The highest BCUT2D eigenvalue weighted by atomic mass is 35.5. The minimum absolute atomic E-state index is 0.182. The molecule has 2 N–H and O–H groups in total. The molecule has 1 rings (SSSR count). The molecule has 12 heavy (non-hydrogen) atoms. The molecule has 1 aromatic heterocycles. The van der Waals surface area contributed by atoms with E-state index < -0.39 is 5.91 Å². The fourth-order valence-corrected chi connectivity index (χ4v) is 0.680. The van der Waals surface area contributed by atoms with E-state index in [0.717, 1.165) is 0 Å². The number of ether oxygens (including phenoxy) is 1. The van der Waals surface area contributed by atoms with Gasteiger partial charge in [-0.2, -0.15) is 4.98 Å². The molecule has 0 saturated carbocycles. The first-order valence-corrected chi connectivity index (χ1v) is 3.45. The molecule has 1 aromatic rings. The molecule has 0 spiro atoms. The van der Waals surface area contributed by atoms with Crippen molar-refractivity contribution in [2.24, 2.45) is 5.73 Å². The van der Waals surface area contributed by atoms with Crippen LogP contribution < -0.4 is 10.5 Å². The highest BCUT2D eigenvalue weighted by Gasteiger charge is 1.99. The summed E-state index contributed by atoms with van der Waals surface area (Å²) in [6.07, 6.45) is 2.70. The van der Waals surface area contributed by atoms with Gasteiger partial charge in [-0.15, -0.1) is 0 Å². The van der Waals surface area contributed by atoms with E-state index in [1.165, 1.54) is 12.4 Å². The predicted molar refractivity (Wildman–Crippen MR) is 41.7 cm³/mol. The lowest BCUT2D eigenvalue weighted by Gasteiger charge is -2.00. The van der Waals surface area contributed by atoms with Gasteiger partial charge in [0.15, 0.2) is 11.8 Å². The Labute approximate surface area is 73.5 Å². The average Bonchev–Trinajstić information content (AvgIpc) is 2.01. The first-order chi connectivity index (χ1) is 5.68. The van der Waals surface area contributed by atoms with Crippen LogP contribution in [0.25, 0.3) is 0 Å². The van der Waals surface area contributed by atoms with E-state index in [0.29, 0.717) is 0 Å². The van der Waals surface area contributed by atoms with Gasteiger partial charge in [-0.3, -0.25) is 9.78 Å². The second kappa shape index (κ2) is 3.87. The van der Waals surface area contributed by atoms with Crippen LogP contribution in [-0.4, -0.2) is 22.5 Å². The summed E-state index contributed by atoms with van der Waals surface area (Å²) in [4.78, 5) is 17.7. The van der Waals surface area contributed by atoms with Gasteiger partial charge >= 0.3 is 0 Å². The van der Waals surface area contributed by atoms with Crippen LogP contribution in [-0.2, 0) is 4.79 Å². The van der Waals surface area contributed by atoms with Gasteiger partial charge in [0, 0.05) is 0 Å². The van der Waals surface area contributed by atoms with Gasteiger partial charge in [0.1, 0.15) is 0 Å². The first-order valence-electron chi connectivity index (χ1n) is 3.07. The third-order valence-corrected chi connectivity index (χ3v) is 1.13. The molecule has 0 radical (unpaired) electrons. The highest BCUT2D eigenvalue weighted by Crippen LogP contribution is 2.08. The molecule has 0 aliphatic heterocycles. The third kappa shape index (κ3) is 2.71. The van der Waals surface area contributed by atoms with Gasteiger partial charge in [-0.05, 0) is 0 Å². The van der Waals surface area contributed by atoms with E-state index in [4.69, 9.17) is 22.1 Å². The first kappa shape index (κ1) is 8.73. The summed E-state index contributed by atoms with van der Waals surface area (Å²) in [6.45, 7) is -0.227. The van der Waals surface area contributed by atoms with E-state index in [1.54, 1.807) is 0 Å². The molecule has 0 fully saturated rings. The molecule has 0 atom stereocenters. The molecule has 1 heterocycles. The summed E-state index contributed by atoms with van der Waals surface area (Å²) >= 11 is 5.49. The van der Waals surface area contributed by atoms with E-state index in [2.05, 4.69) is 9.97 Å². The Morgan fingerprint density at radius 3 is 3.00 bits per heavy atom. The Morgan fingerprint density at radius 2 is 2.42 bits per heavy atom. The maximum absolute atomic E-state index is 10.3. The standard InChI is InChI=1S/C6H6ClN3O2/c7-4-1-9-2-6(10-4)12-3-5(8)11/h1-2H,3H2,(H2,8,11). The highest BCUT2D eigenvalue weighted by molar-refractivity contribution is 6.29. The van der Waals surface area contributed by atoms with Crippen LogP contribution in [0, 0.1) is 0 Å². The zero-order chi connectivity index (χ0) is 8.97. The molecule has 5 nitrogen and oxygen atoms in total. The van der Waals surface area contributed by atoms with Crippen LogP contribution >= 0.6 is 11.6 Å². The molecule has 1 amide bonds. The fourth-order valence-electron chi connectivity index (χ4n) is 0.540. The number of primary amides is 1. The molecule has 6 heteroatoms. The third-order valence-electron chi connectivity index (χ3n) is 0.945. The molecule has 0 bridgehead atoms. The minimum atomic E-state index is -0.572. The predicted octanol–water partition coefficient (Wildman–Crippen LogP) is -0.00590. The Kier molecular flexibility index (Phi) is 2.82. The number of carbonyl (C=O) groups excluding carboxylic acids is 1. The Hall–Kier alpha value is -1.36. The summed E-state index contributed by atoms with van der Waals surface area (Å²) in [6, 6.07) is 0. The van der Waals surface area contributed by atoms with Gasteiger partial charge in [0.05, 0.1) is 12.4 Å². The van der Waals surface area contributed by atoms with Crippen molar-refractivity contribution in [1.29, 1.82) is 0 Å². The van der Waals surface area contributed by atoms with Crippen LogP contribution in [0.5, 0.6) is 5.88 Å². The van der Waals surface area contributed by atoms with Gasteiger partial charge < -0.3 is 10.5 Å². The number of hydrogen-bond acceptors (Lipinski definition) is 4. The topological polar surface area (TPSA) is 78.1 Å². The summed E-state index contributed by atoms with van der Waals surface area (Å²) < 4.78 is 4.82. The summed E-state index contributed by atoms with van der Waals surface area (Å²) in [5.74, 6) is -0.391. The summed E-state index contributed by atoms with van der Waals surface area (Å²) in [7, 11) is 0. The van der Waals surface area contributed by atoms with Crippen LogP contribution in [0.4, 0.5) is 0 Å². The monoisotopic (exact) mass is 187 g/mol. The number of nitrogens with zero attached hydrogens (tertiary/aromatic N) is 2. The molecular formula is C6H6ClN3O2. The lowest BCUT2D eigenvalue weighted by Crippen LogP contribution is -2.20. The van der Waals surface area contributed by atoms with Crippen LogP contribution in [0.15, 0.2) is 12.4 Å². The van der Waals surface area contributed by atoms with Gasteiger partial charge in [-0.1, -0.05) is 11.6 Å². The number of hydrogen-bond donors (Lipinski definition) is 1. The Morgan fingerprint density at radius 1 is 1.67 bits per heavy atom. The molecular weight excluding hydrogens is 182 g/mol. The normalized spacial score (nSPS) is 9.42. The lowest BCUT2D eigenvalue weighted by molar-refractivity contribution is -0.120. The van der Waals surface area contributed by atoms with Crippen molar-refractivity contribution in [3.05, 3.63) is 17.5 Å². The van der Waals surface area contributed by atoms with Crippen molar-refractivity contribution in [3.63, 3.8) is 0 Å². The SMILES string of the molecule is NC(=O)COc1cncc(Cl)n1.